The first-order valence-corrected chi connectivity index (χ1v) is 6.38. The van der Waals surface area contributed by atoms with Gasteiger partial charge in [0.15, 0.2) is 0 Å². The Kier molecular flexibility index (Phi) is 5.56. The van der Waals surface area contributed by atoms with Gasteiger partial charge in [0.2, 0.25) is 11.8 Å². The Labute approximate surface area is 119 Å². The van der Waals surface area contributed by atoms with Gasteiger partial charge >= 0.3 is 12.1 Å². The minimum Gasteiger partial charge on any atom is -0.469 e. The molecule has 1 N–H and O–H groups in total. The van der Waals surface area contributed by atoms with Crippen molar-refractivity contribution in [1.29, 1.82) is 0 Å². The monoisotopic (exact) mass is 310 g/mol. The summed E-state index contributed by atoms with van der Waals surface area (Å²) in [7, 11) is 1.09. The third-order valence-corrected chi connectivity index (χ3v) is 3.19. The fraction of sp³-hybridized carbons (Fsp3) is 0.750. The van der Waals surface area contributed by atoms with Crippen LogP contribution in [0.5, 0.6) is 0 Å². The molecule has 1 aliphatic heterocycles. The SMILES string of the molecule is COC(=O)CC(NC(C)=O)C(=O)N1CCCC1C(F)(F)F. The molecule has 2 unspecified atom stereocenters. The first kappa shape index (κ1) is 17.3. The van der Waals surface area contributed by atoms with Crippen LogP contribution in [0.1, 0.15) is 26.2 Å². The van der Waals surface area contributed by atoms with Crippen LogP contribution in [0, 0.1) is 0 Å². The fourth-order valence-corrected chi connectivity index (χ4v) is 2.27. The highest BCUT2D eigenvalue weighted by molar-refractivity contribution is 5.90. The van der Waals surface area contributed by atoms with Crippen molar-refractivity contribution in [3.8, 4) is 0 Å². The Morgan fingerprint density at radius 1 is 1.38 bits per heavy atom. The van der Waals surface area contributed by atoms with Crippen LogP contribution < -0.4 is 5.32 Å². The molecule has 2 atom stereocenters. The predicted octanol–water partition coefficient (Wildman–Crippen LogP) is 0.607. The molecule has 9 heteroatoms. The van der Waals surface area contributed by atoms with Gasteiger partial charge in [-0.3, -0.25) is 14.4 Å². The van der Waals surface area contributed by atoms with Gasteiger partial charge < -0.3 is 15.0 Å². The zero-order chi connectivity index (χ0) is 16.2. The summed E-state index contributed by atoms with van der Waals surface area (Å²) in [5, 5.41) is 2.20. The van der Waals surface area contributed by atoms with Gasteiger partial charge in [0.05, 0.1) is 13.5 Å². The number of hydrogen-bond acceptors (Lipinski definition) is 4. The molecule has 120 valence electrons. The Morgan fingerprint density at radius 2 is 2.00 bits per heavy atom. The lowest BCUT2D eigenvalue weighted by molar-refractivity contribution is -0.183. The number of hydrogen-bond donors (Lipinski definition) is 1. The van der Waals surface area contributed by atoms with Gasteiger partial charge in [-0.05, 0) is 12.8 Å². The van der Waals surface area contributed by atoms with Crippen LogP contribution in [0.25, 0.3) is 0 Å². The van der Waals surface area contributed by atoms with Crippen molar-refractivity contribution >= 4 is 17.8 Å². The molecule has 0 saturated carbocycles. The summed E-state index contributed by atoms with van der Waals surface area (Å²) in [6.07, 6.45) is -4.99. The summed E-state index contributed by atoms with van der Waals surface area (Å²) in [6, 6.07) is -3.23. The Balaban J connectivity index is 2.88. The summed E-state index contributed by atoms with van der Waals surface area (Å²) < 4.78 is 42.9. The van der Waals surface area contributed by atoms with E-state index in [4.69, 9.17) is 0 Å². The minimum absolute atomic E-state index is 0.0553. The number of methoxy groups -OCH3 is 1. The zero-order valence-corrected chi connectivity index (χ0v) is 11.7. The van der Waals surface area contributed by atoms with E-state index in [1.807, 2.05) is 0 Å². The first-order chi connectivity index (χ1) is 9.66. The third-order valence-electron chi connectivity index (χ3n) is 3.19. The third kappa shape index (κ3) is 4.61. The molecule has 1 rings (SSSR count). The lowest BCUT2D eigenvalue weighted by atomic mass is 10.1. The summed E-state index contributed by atoms with van der Waals surface area (Å²) in [4.78, 5) is 35.2. The highest BCUT2D eigenvalue weighted by Gasteiger charge is 2.49. The molecule has 0 bridgehead atoms. The highest BCUT2D eigenvalue weighted by Crippen LogP contribution is 2.33. The molecule has 1 saturated heterocycles. The van der Waals surface area contributed by atoms with E-state index < -0.39 is 42.5 Å². The molecule has 1 fully saturated rings. The number of halogens is 3. The standard InChI is InChI=1S/C12H17F3N2O4/c1-7(18)16-8(6-10(19)21-2)11(20)17-5-3-4-9(17)12(13,14)15/h8-9H,3-6H2,1-2H3,(H,16,18). The molecule has 0 aromatic heterocycles. The lowest BCUT2D eigenvalue weighted by Gasteiger charge is -2.29. The second kappa shape index (κ2) is 6.77. The van der Waals surface area contributed by atoms with E-state index in [1.54, 1.807) is 0 Å². The van der Waals surface area contributed by atoms with E-state index in [-0.39, 0.29) is 19.4 Å². The van der Waals surface area contributed by atoms with Crippen molar-refractivity contribution in [2.24, 2.45) is 0 Å². The van der Waals surface area contributed by atoms with Crippen LogP contribution in [0.4, 0.5) is 13.2 Å². The van der Waals surface area contributed by atoms with Gasteiger partial charge in [0.1, 0.15) is 12.1 Å². The minimum atomic E-state index is -4.53. The van der Waals surface area contributed by atoms with E-state index in [1.165, 1.54) is 0 Å². The second-order valence-electron chi connectivity index (χ2n) is 4.76. The quantitative estimate of drug-likeness (QED) is 0.772. The first-order valence-electron chi connectivity index (χ1n) is 6.38. The van der Waals surface area contributed by atoms with Crippen molar-refractivity contribution in [2.75, 3.05) is 13.7 Å². The molecule has 0 aromatic rings. The molecule has 1 heterocycles. The second-order valence-corrected chi connectivity index (χ2v) is 4.76. The maximum absolute atomic E-state index is 12.9. The lowest BCUT2D eigenvalue weighted by Crippen LogP contribution is -2.53. The number of nitrogens with one attached hydrogen (secondary N) is 1. The van der Waals surface area contributed by atoms with E-state index >= 15 is 0 Å². The molecule has 2 amide bonds. The van der Waals surface area contributed by atoms with Crippen LogP contribution in [0.2, 0.25) is 0 Å². The number of nitrogens with zero attached hydrogens (tertiary/aromatic N) is 1. The highest BCUT2D eigenvalue weighted by atomic mass is 19.4. The number of likely N-dealkylation sites (tertiary alicyclic amines) is 1. The van der Waals surface area contributed by atoms with Crippen LogP contribution in [-0.4, -0.2) is 54.6 Å². The maximum Gasteiger partial charge on any atom is 0.408 e. The van der Waals surface area contributed by atoms with Crippen LogP contribution in [0.15, 0.2) is 0 Å². The summed E-state index contributed by atoms with van der Waals surface area (Å²) in [5.41, 5.74) is 0. The molecule has 21 heavy (non-hydrogen) atoms. The molecule has 1 aliphatic rings. The van der Waals surface area contributed by atoms with Gasteiger partial charge in [-0.25, -0.2) is 0 Å². The number of amides is 2. The summed E-state index contributed by atoms with van der Waals surface area (Å²) >= 11 is 0. The van der Waals surface area contributed by atoms with Gasteiger partial charge in [-0.15, -0.1) is 0 Å². The molecule has 0 spiro atoms. The number of rotatable bonds is 4. The normalized spacial score (nSPS) is 20.0. The number of esters is 1. The number of carbonyl (C=O) groups is 3. The Hall–Kier alpha value is -1.80. The number of ether oxygens (including phenoxy) is 1. The Bertz CT molecular complexity index is 425. The van der Waals surface area contributed by atoms with Crippen LogP contribution >= 0.6 is 0 Å². The van der Waals surface area contributed by atoms with Crippen LogP contribution in [0.3, 0.4) is 0 Å². The molecule has 6 nitrogen and oxygen atoms in total. The average Bonchev–Trinajstić information content (AvgIpc) is 2.85. The predicted molar refractivity (Wildman–Crippen MR) is 65.0 cm³/mol. The van der Waals surface area contributed by atoms with Crippen molar-refractivity contribution in [3.63, 3.8) is 0 Å². The van der Waals surface area contributed by atoms with Crippen molar-refractivity contribution in [2.45, 2.75) is 44.4 Å². The summed E-state index contributed by atoms with van der Waals surface area (Å²) in [6.45, 7) is 1.06. The van der Waals surface area contributed by atoms with Gasteiger partial charge in [0, 0.05) is 13.5 Å². The van der Waals surface area contributed by atoms with Crippen LogP contribution in [-0.2, 0) is 19.1 Å². The molecule has 0 aliphatic carbocycles. The Morgan fingerprint density at radius 3 is 2.48 bits per heavy atom. The topological polar surface area (TPSA) is 75.7 Å². The van der Waals surface area contributed by atoms with Gasteiger partial charge in [-0.1, -0.05) is 0 Å². The molecule has 0 aromatic carbocycles. The van der Waals surface area contributed by atoms with E-state index in [9.17, 15) is 27.6 Å². The van der Waals surface area contributed by atoms with Gasteiger partial charge in [0.25, 0.3) is 0 Å². The van der Waals surface area contributed by atoms with E-state index in [0.717, 1.165) is 14.0 Å². The smallest absolute Gasteiger partial charge is 0.408 e. The number of alkyl halides is 3. The van der Waals surface area contributed by atoms with Crippen molar-refractivity contribution in [1.82, 2.24) is 10.2 Å². The van der Waals surface area contributed by atoms with Crippen molar-refractivity contribution < 1.29 is 32.3 Å². The average molecular weight is 310 g/mol. The largest absolute Gasteiger partial charge is 0.469 e. The molecular weight excluding hydrogens is 293 g/mol. The summed E-state index contributed by atoms with van der Waals surface area (Å²) in [5.74, 6) is -2.32. The maximum atomic E-state index is 12.9. The van der Waals surface area contributed by atoms with Crippen molar-refractivity contribution in [3.05, 3.63) is 0 Å². The van der Waals surface area contributed by atoms with E-state index in [2.05, 4.69) is 10.1 Å². The number of carbonyl (C=O) groups excluding carboxylic acids is 3. The van der Waals surface area contributed by atoms with E-state index in [0.29, 0.717) is 4.90 Å². The molecule has 0 radical (unpaired) electrons. The van der Waals surface area contributed by atoms with Gasteiger partial charge in [-0.2, -0.15) is 13.2 Å². The fourth-order valence-electron chi connectivity index (χ4n) is 2.27. The molecular formula is C12H17F3N2O4. The zero-order valence-electron chi connectivity index (χ0n) is 11.7.